The zero-order chi connectivity index (χ0) is 13.9. The minimum atomic E-state index is -0.503. The summed E-state index contributed by atoms with van der Waals surface area (Å²) >= 11 is 0. The van der Waals surface area contributed by atoms with E-state index in [4.69, 9.17) is 4.74 Å². The van der Waals surface area contributed by atoms with Crippen molar-refractivity contribution in [2.45, 2.75) is 72.6 Å². The Kier molecular flexibility index (Phi) is 5.46. The van der Waals surface area contributed by atoms with Gasteiger partial charge in [-0.15, -0.1) is 0 Å². The van der Waals surface area contributed by atoms with Gasteiger partial charge >= 0.3 is 6.09 Å². The van der Waals surface area contributed by atoms with Gasteiger partial charge in [-0.25, -0.2) is 4.79 Å². The molecule has 0 spiro atoms. The number of alkyl carbamates (subject to hydrolysis) is 1. The molecule has 2 unspecified atom stereocenters. The van der Waals surface area contributed by atoms with Crippen LogP contribution in [0.25, 0.3) is 0 Å². The van der Waals surface area contributed by atoms with Crippen LogP contribution in [-0.2, 0) is 4.74 Å². The van der Waals surface area contributed by atoms with Crippen molar-refractivity contribution in [1.82, 2.24) is 5.32 Å². The summed E-state index contributed by atoms with van der Waals surface area (Å²) in [6.45, 7) is 13.3. The molecule has 0 saturated heterocycles. The molecule has 0 aliphatic carbocycles. The summed E-state index contributed by atoms with van der Waals surface area (Å²) in [5.74, 6) is 0. The Morgan fingerprint density at radius 2 is 1.71 bits per heavy atom. The number of carbonyl (C=O) groups is 1. The lowest BCUT2D eigenvalue weighted by Crippen LogP contribution is -2.47. The summed E-state index contributed by atoms with van der Waals surface area (Å²) in [6, 6.07) is -0.114. The molecule has 1 amide bonds. The maximum absolute atomic E-state index is 11.7. The topological polar surface area (TPSA) is 58.6 Å². The van der Waals surface area contributed by atoms with E-state index in [1.165, 1.54) is 0 Å². The van der Waals surface area contributed by atoms with Gasteiger partial charge in [-0.3, -0.25) is 0 Å². The van der Waals surface area contributed by atoms with Gasteiger partial charge in [-0.1, -0.05) is 20.8 Å². The first kappa shape index (κ1) is 16.2. The highest BCUT2D eigenvalue weighted by molar-refractivity contribution is 5.68. The lowest BCUT2D eigenvalue weighted by atomic mass is 9.84. The van der Waals surface area contributed by atoms with E-state index in [0.717, 1.165) is 0 Å². The summed E-state index contributed by atoms with van der Waals surface area (Å²) in [6.07, 6.45) is -0.366. The second kappa shape index (κ2) is 5.71. The third-order valence-corrected chi connectivity index (χ3v) is 2.31. The fourth-order valence-electron chi connectivity index (χ4n) is 1.42. The molecule has 0 heterocycles. The molecule has 0 rings (SSSR count). The SMILES string of the molecule is CC(O)CC(NC(=O)OC(C)(C)C)C(C)(C)C. The Labute approximate surface area is 105 Å². The van der Waals surface area contributed by atoms with Crippen LogP contribution in [0.3, 0.4) is 0 Å². The van der Waals surface area contributed by atoms with Gasteiger partial charge in [0.15, 0.2) is 0 Å². The average Bonchev–Trinajstić information content (AvgIpc) is 1.95. The predicted octanol–water partition coefficient (Wildman–Crippen LogP) is 2.70. The molecule has 0 bridgehead atoms. The molecule has 0 aliphatic heterocycles. The summed E-state index contributed by atoms with van der Waals surface area (Å²) in [5.41, 5.74) is -0.620. The maximum Gasteiger partial charge on any atom is 0.407 e. The van der Waals surface area contributed by atoms with Crippen molar-refractivity contribution < 1.29 is 14.6 Å². The van der Waals surface area contributed by atoms with Crippen molar-refractivity contribution in [3.63, 3.8) is 0 Å². The zero-order valence-electron chi connectivity index (χ0n) is 12.1. The molecule has 17 heavy (non-hydrogen) atoms. The number of carbonyl (C=O) groups excluding carboxylic acids is 1. The van der Waals surface area contributed by atoms with E-state index >= 15 is 0 Å². The quantitative estimate of drug-likeness (QED) is 0.803. The second-order valence-corrected chi connectivity index (χ2v) is 6.65. The van der Waals surface area contributed by atoms with Crippen LogP contribution in [0.1, 0.15) is 54.9 Å². The highest BCUT2D eigenvalue weighted by Gasteiger charge is 2.29. The van der Waals surface area contributed by atoms with Crippen molar-refractivity contribution >= 4 is 6.09 Å². The fraction of sp³-hybridized carbons (Fsp3) is 0.923. The monoisotopic (exact) mass is 245 g/mol. The molecular weight excluding hydrogens is 218 g/mol. The first-order valence-electron chi connectivity index (χ1n) is 6.09. The molecule has 0 radical (unpaired) electrons. The predicted molar refractivity (Wildman–Crippen MR) is 68.9 cm³/mol. The molecule has 0 fully saturated rings. The molecular formula is C13H27NO3. The smallest absolute Gasteiger partial charge is 0.407 e. The normalized spacial score (nSPS) is 16.2. The number of ether oxygens (including phenoxy) is 1. The van der Waals surface area contributed by atoms with E-state index in [2.05, 4.69) is 5.32 Å². The zero-order valence-corrected chi connectivity index (χ0v) is 12.1. The third-order valence-electron chi connectivity index (χ3n) is 2.31. The number of amides is 1. The van der Waals surface area contributed by atoms with E-state index in [1.807, 2.05) is 41.5 Å². The summed E-state index contributed by atoms with van der Waals surface area (Å²) in [4.78, 5) is 11.7. The van der Waals surface area contributed by atoms with Gasteiger partial charge in [0.2, 0.25) is 0 Å². The highest BCUT2D eigenvalue weighted by Crippen LogP contribution is 2.23. The fourth-order valence-corrected chi connectivity index (χ4v) is 1.42. The number of hydrogen-bond acceptors (Lipinski definition) is 3. The molecule has 0 saturated carbocycles. The van der Waals surface area contributed by atoms with Crippen molar-refractivity contribution in [2.24, 2.45) is 5.41 Å². The second-order valence-electron chi connectivity index (χ2n) is 6.65. The summed E-state index contributed by atoms with van der Waals surface area (Å²) < 4.78 is 5.21. The van der Waals surface area contributed by atoms with Gasteiger partial charge in [0.1, 0.15) is 5.60 Å². The van der Waals surface area contributed by atoms with E-state index in [-0.39, 0.29) is 11.5 Å². The largest absolute Gasteiger partial charge is 0.444 e. The van der Waals surface area contributed by atoms with Gasteiger partial charge in [-0.05, 0) is 39.5 Å². The molecule has 2 N–H and O–H groups in total. The Hall–Kier alpha value is -0.770. The number of rotatable bonds is 3. The number of aliphatic hydroxyl groups is 1. The third kappa shape index (κ3) is 8.02. The molecule has 4 nitrogen and oxygen atoms in total. The van der Waals surface area contributed by atoms with Crippen LogP contribution < -0.4 is 5.32 Å². The highest BCUT2D eigenvalue weighted by atomic mass is 16.6. The Balaban J connectivity index is 4.50. The van der Waals surface area contributed by atoms with Crippen LogP contribution >= 0.6 is 0 Å². The van der Waals surface area contributed by atoms with E-state index < -0.39 is 17.8 Å². The van der Waals surface area contributed by atoms with Gasteiger partial charge in [0.25, 0.3) is 0 Å². The van der Waals surface area contributed by atoms with E-state index in [0.29, 0.717) is 6.42 Å². The molecule has 2 atom stereocenters. The maximum atomic E-state index is 11.7. The Morgan fingerprint density at radius 1 is 1.24 bits per heavy atom. The minimum absolute atomic E-state index is 0.114. The van der Waals surface area contributed by atoms with Gasteiger partial charge in [0.05, 0.1) is 6.10 Å². The molecule has 4 heteroatoms. The molecule has 0 aliphatic rings. The van der Waals surface area contributed by atoms with Gasteiger partial charge in [-0.2, -0.15) is 0 Å². The van der Waals surface area contributed by atoms with Crippen molar-refractivity contribution in [3.8, 4) is 0 Å². The Morgan fingerprint density at radius 3 is 2.00 bits per heavy atom. The lowest BCUT2D eigenvalue weighted by Gasteiger charge is -2.33. The van der Waals surface area contributed by atoms with Crippen LogP contribution in [0.5, 0.6) is 0 Å². The average molecular weight is 245 g/mol. The molecule has 0 aromatic heterocycles. The van der Waals surface area contributed by atoms with Crippen molar-refractivity contribution in [3.05, 3.63) is 0 Å². The first-order chi connectivity index (χ1) is 7.42. The lowest BCUT2D eigenvalue weighted by molar-refractivity contribution is 0.0427. The number of aliphatic hydroxyl groups excluding tert-OH is 1. The summed E-state index contributed by atoms with van der Waals surface area (Å²) in [7, 11) is 0. The molecule has 0 aromatic carbocycles. The number of hydrogen-bond donors (Lipinski definition) is 2. The standard InChI is InChI=1S/C13H27NO3/c1-9(15)8-10(12(2,3)4)14-11(16)17-13(5,6)7/h9-10,15H,8H2,1-7H3,(H,14,16). The molecule has 102 valence electrons. The van der Waals surface area contributed by atoms with Crippen molar-refractivity contribution in [1.29, 1.82) is 0 Å². The van der Waals surface area contributed by atoms with Crippen LogP contribution in [0.15, 0.2) is 0 Å². The Bertz CT molecular complexity index is 248. The van der Waals surface area contributed by atoms with Gasteiger partial charge in [0, 0.05) is 6.04 Å². The molecule has 0 aromatic rings. The van der Waals surface area contributed by atoms with Crippen molar-refractivity contribution in [2.75, 3.05) is 0 Å². The van der Waals surface area contributed by atoms with Gasteiger partial charge < -0.3 is 15.2 Å². The van der Waals surface area contributed by atoms with E-state index in [1.54, 1.807) is 6.92 Å². The van der Waals surface area contributed by atoms with Crippen LogP contribution in [-0.4, -0.2) is 28.9 Å². The number of nitrogens with one attached hydrogen (secondary N) is 1. The first-order valence-corrected chi connectivity index (χ1v) is 6.09. The van der Waals surface area contributed by atoms with Crippen LogP contribution in [0.2, 0.25) is 0 Å². The summed E-state index contributed by atoms with van der Waals surface area (Å²) in [5, 5.41) is 12.3. The minimum Gasteiger partial charge on any atom is -0.444 e. The van der Waals surface area contributed by atoms with E-state index in [9.17, 15) is 9.90 Å². The van der Waals surface area contributed by atoms with Crippen LogP contribution in [0, 0.1) is 5.41 Å². The van der Waals surface area contributed by atoms with Crippen LogP contribution in [0.4, 0.5) is 4.79 Å².